The molecule has 0 aromatic carbocycles. The summed E-state index contributed by atoms with van der Waals surface area (Å²) in [5.41, 5.74) is -0.490. The van der Waals surface area contributed by atoms with Crippen LogP contribution in [0.3, 0.4) is 0 Å². The summed E-state index contributed by atoms with van der Waals surface area (Å²) in [5.74, 6) is 0.166. The number of piperidine rings is 1. The predicted molar refractivity (Wildman–Crippen MR) is 87.1 cm³/mol. The van der Waals surface area contributed by atoms with Crippen molar-refractivity contribution in [3.8, 4) is 5.75 Å². The third kappa shape index (κ3) is 4.86. The third-order valence-corrected chi connectivity index (χ3v) is 4.26. The molecule has 7 heteroatoms. The van der Waals surface area contributed by atoms with Gasteiger partial charge in [0.25, 0.3) is 0 Å². The number of carbonyl (C=O) groups excluding carboxylic acids is 2. The van der Waals surface area contributed by atoms with Gasteiger partial charge in [-0.15, -0.1) is 11.3 Å². The van der Waals surface area contributed by atoms with Gasteiger partial charge in [0.1, 0.15) is 17.5 Å². The molecule has 0 atom stereocenters. The average molecular weight is 341 g/mol. The van der Waals surface area contributed by atoms with Gasteiger partial charge in [0, 0.05) is 25.9 Å². The van der Waals surface area contributed by atoms with E-state index in [9.17, 15) is 9.59 Å². The van der Waals surface area contributed by atoms with Gasteiger partial charge in [-0.05, 0) is 32.2 Å². The zero-order valence-corrected chi connectivity index (χ0v) is 14.8. The molecule has 1 aliphatic rings. The molecular weight excluding hydrogens is 318 g/mol. The molecule has 23 heavy (non-hydrogen) atoms. The maximum atomic E-state index is 12.0. The molecule has 2 rings (SSSR count). The molecule has 128 valence electrons. The van der Waals surface area contributed by atoms with Crippen LogP contribution in [0.2, 0.25) is 0 Å². The highest BCUT2D eigenvalue weighted by atomic mass is 32.1. The molecule has 0 radical (unpaired) electrons. The van der Waals surface area contributed by atoms with Crippen LogP contribution in [0, 0.1) is 0 Å². The van der Waals surface area contributed by atoms with Gasteiger partial charge in [-0.1, -0.05) is 0 Å². The number of likely N-dealkylation sites (tertiary alicyclic amines) is 1. The molecule has 6 nitrogen and oxygen atoms in total. The maximum absolute atomic E-state index is 12.0. The van der Waals surface area contributed by atoms with Crippen LogP contribution in [0.25, 0.3) is 0 Å². The van der Waals surface area contributed by atoms with Crippen LogP contribution in [0.5, 0.6) is 5.75 Å². The highest BCUT2D eigenvalue weighted by Crippen LogP contribution is 2.28. The second-order valence-electron chi connectivity index (χ2n) is 6.39. The molecule has 1 saturated heterocycles. The van der Waals surface area contributed by atoms with E-state index in [0.717, 1.165) is 0 Å². The Bertz CT molecular complexity index is 555. The number of hydrogen-bond donors (Lipinski definition) is 0. The molecule has 0 saturated carbocycles. The zero-order valence-electron chi connectivity index (χ0n) is 14.0. The number of nitrogens with zero attached hydrogens (tertiary/aromatic N) is 1. The van der Waals surface area contributed by atoms with E-state index in [1.165, 1.54) is 18.4 Å². The summed E-state index contributed by atoms with van der Waals surface area (Å²) in [5, 5.41) is 1.80. The van der Waals surface area contributed by atoms with Crippen molar-refractivity contribution >= 4 is 23.4 Å². The van der Waals surface area contributed by atoms with Crippen molar-refractivity contribution in [2.75, 3.05) is 20.2 Å². The number of esters is 1. The molecular formula is C16H23NO5S. The van der Waals surface area contributed by atoms with Gasteiger partial charge in [0.15, 0.2) is 4.88 Å². The van der Waals surface area contributed by atoms with Crippen molar-refractivity contribution < 1.29 is 23.8 Å². The normalized spacial score (nSPS) is 16.1. The summed E-state index contributed by atoms with van der Waals surface area (Å²) in [6.07, 6.45) is 1.10. The minimum Gasteiger partial charge on any atom is -0.488 e. The van der Waals surface area contributed by atoms with Gasteiger partial charge in [-0.2, -0.15) is 0 Å². The lowest BCUT2D eigenvalue weighted by molar-refractivity contribution is 0.0126. The standard InChI is InChI=1S/C16H23NO5S/c1-16(2,3)22-15(19)17-8-5-11(6-9-17)21-12-7-10-23-13(12)14(18)20-4/h7,10-11H,5-6,8-9H2,1-4H3. The van der Waals surface area contributed by atoms with Crippen molar-refractivity contribution in [1.29, 1.82) is 0 Å². The maximum Gasteiger partial charge on any atom is 0.410 e. The predicted octanol–water partition coefficient (Wildman–Crippen LogP) is 3.31. The Morgan fingerprint density at radius 1 is 1.26 bits per heavy atom. The van der Waals surface area contributed by atoms with Crippen LogP contribution in [-0.4, -0.2) is 48.9 Å². The summed E-state index contributed by atoms with van der Waals surface area (Å²) in [4.78, 5) is 25.8. The van der Waals surface area contributed by atoms with E-state index in [-0.39, 0.29) is 18.2 Å². The fourth-order valence-corrected chi connectivity index (χ4v) is 3.03. The van der Waals surface area contributed by atoms with Crippen LogP contribution in [0.15, 0.2) is 11.4 Å². The molecule has 2 heterocycles. The molecule has 1 aromatic heterocycles. The molecule has 0 aliphatic carbocycles. The van der Waals surface area contributed by atoms with Crippen LogP contribution in [0.1, 0.15) is 43.3 Å². The lowest BCUT2D eigenvalue weighted by atomic mass is 10.1. The molecule has 0 bridgehead atoms. The third-order valence-electron chi connectivity index (χ3n) is 3.39. The Balaban J connectivity index is 1.87. The molecule has 1 aromatic rings. The quantitative estimate of drug-likeness (QED) is 0.789. The van der Waals surface area contributed by atoms with Crippen LogP contribution < -0.4 is 4.74 Å². The molecule has 0 unspecified atom stereocenters. The lowest BCUT2D eigenvalue weighted by Crippen LogP contribution is -2.44. The van der Waals surface area contributed by atoms with Gasteiger partial charge >= 0.3 is 12.1 Å². The minimum atomic E-state index is -0.490. The first-order valence-corrected chi connectivity index (χ1v) is 8.48. The first-order chi connectivity index (χ1) is 10.8. The number of carbonyl (C=O) groups is 2. The van der Waals surface area contributed by atoms with Crippen LogP contribution in [0.4, 0.5) is 4.79 Å². The molecule has 1 amide bonds. The van der Waals surface area contributed by atoms with Gasteiger partial charge in [0.05, 0.1) is 7.11 Å². The first kappa shape index (κ1) is 17.6. The van der Waals surface area contributed by atoms with Crippen molar-refractivity contribution in [2.45, 2.75) is 45.3 Å². The van der Waals surface area contributed by atoms with Gasteiger partial charge in [-0.3, -0.25) is 0 Å². The molecule has 0 spiro atoms. The van der Waals surface area contributed by atoms with E-state index in [4.69, 9.17) is 14.2 Å². The summed E-state index contributed by atoms with van der Waals surface area (Å²) < 4.78 is 16.0. The van der Waals surface area contributed by atoms with Crippen molar-refractivity contribution in [3.05, 3.63) is 16.3 Å². The monoisotopic (exact) mass is 341 g/mol. The van der Waals surface area contributed by atoms with E-state index in [2.05, 4.69) is 0 Å². The number of rotatable bonds is 3. The van der Waals surface area contributed by atoms with Crippen LogP contribution >= 0.6 is 11.3 Å². The Hall–Kier alpha value is -1.76. The van der Waals surface area contributed by atoms with Crippen LogP contribution in [-0.2, 0) is 9.47 Å². The number of amides is 1. The van der Waals surface area contributed by atoms with Crippen molar-refractivity contribution in [1.82, 2.24) is 4.90 Å². The number of thiophene rings is 1. The number of ether oxygens (including phenoxy) is 3. The Labute approximate surface area is 140 Å². The Kier molecular flexibility index (Phi) is 5.51. The summed E-state index contributed by atoms with van der Waals surface area (Å²) in [6.45, 7) is 6.72. The second kappa shape index (κ2) is 7.21. The molecule has 1 aliphatic heterocycles. The van der Waals surface area contributed by atoms with Gasteiger partial charge in [-0.25, -0.2) is 9.59 Å². The molecule has 1 fully saturated rings. The zero-order chi connectivity index (χ0) is 17.0. The summed E-state index contributed by atoms with van der Waals surface area (Å²) in [6, 6.07) is 1.77. The largest absolute Gasteiger partial charge is 0.488 e. The smallest absolute Gasteiger partial charge is 0.410 e. The Morgan fingerprint density at radius 2 is 1.91 bits per heavy atom. The highest BCUT2D eigenvalue weighted by Gasteiger charge is 2.28. The number of methoxy groups -OCH3 is 1. The van der Waals surface area contributed by atoms with Gasteiger partial charge in [0.2, 0.25) is 0 Å². The van der Waals surface area contributed by atoms with Crippen molar-refractivity contribution in [3.63, 3.8) is 0 Å². The SMILES string of the molecule is COC(=O)c1sccc1OC1CCN(C(=O)OC(C)(C)C)CC1. The summed E-state index contributed by atoms with van der Waals surface area (Å²) in [7, 11) is 1.35. The van der Waals surface area contributed by atoms with E-state index in [1.54, 1.807) is 16.3 Å². The highest BCUT2D eigenvalue weighted by molar-refractivity contribution is 7.12. The Morgan fingerprint density at radius 3 is 2.48 bits per heavy atom. The minimum absolute atomic E-state index is 0.0216. The fraction of sp³-hybridized carbons (Fsp3) is 0.625. The van der Waals surface area contributed by atoms with E-state index in [0.29, 0.717) is 36.6 Å². The number of hydrogen-bond acceptors (Lipinski definition) is 6. The second-order valence-corrected chi connectivity index (χ2v) is 7.31. The van der Waals surface area contributed by atoms with E-state index < -0.39 is 5.60 Å². The van der Waals surface area contributed by atoms with E-state index >= 15 is 0 Å². The lowest BCUT2D eigenvalue weighted by Gasteiger charge is -2.33. The first-order valence-electron chi connectivity index (χ1n) is 7.60. The van der Waals surface area contributed by atoms with Crippen molar-refractivity contribution in [2.24, 2.45) is 0 Å². The average Bonchev–Trinajstić information content (AvgIpc) is 2.93. The van der Waals surface area contributed by atoms with Gasteiger partial charge < -0.3 is 19.1 Å². The fourth-order valence-electron chi connectivity index (χ4n) is 2.29. The molecule has 0 N–H and O–H groups in total. The summed E-state index contributed by atoms with van der Waals surface area (Å²) >= 11 is 1.30. The topological polar surface area (TPSA) is 65.1 Å². The van der Waals surface area contributed by atoms with E-state index in [1.807, 2.05) is 20.8 Å².